The Bertz CT molecular complexity index is 821. The van der Waals surface area contributed by atoms with Crippen molar-refractivity contribution in [3.8, 4) is 6.07 Å². The van der Waals surface area contributed by atoms with Crippen LogP contribution in [0, 0.1) is 23.7 Å². The van der Waals surface area contributed by atoms with Gasteiger partial charge in [0.2, 0.25) is 5.88 Å². The lowest BCUT2D eigenvalue weighted by atomic mass is 9.70. The Balaban J connectivity index is 2.20. The lowest BCUT2D eigenvalue weighted by Gasteiger charge is -2.37. The Hall–Kier alpha value is -2.55. The number of rotatable bonds is 2. The summed E-state index contributed by atoms with van der Waals surface area (Å²) in [6, 6.07) is 2.14. The van der Waals surface area contributed by atoms with Crippen molar-refractivity contribution in [3.05, 3.63) is 40.2 Å². The lowest BCUT2D eigenvalue weighted by molar-refractivity contribution is -0.119. The number of allylic oxidation sites excluding steroid dienone is 3. The molecule has 24 heavy (non-hydrogen) atoms. The van der Waals surface area contributed by atoms with Crippen molar-refractivity contribution in [3.63, 3.8) is 0 Å². The number of carbonyl (C=O) groups is 1. The standard InChI is InChI=1S/C18H22N4O2/c1-5-22-10(2)12(9-21-22)15-11(8-19)17(20)24-14-7-18(3,4)6-13(23)16(14)15/h9,15H,5-7,20H2,1-4H3. The van der Waals surface area contributed by atoms with Gasteiger partial charge in [0.25, 0.3) is 0 Å². The molecule has 3 rings (SSSR count). The molecule has 2 aliphatic rings. The second-order valence-corrected chi connectivity index (χ2v) is 7.20. The highest BCUT2D eigenvalue weighted by Gasteiger charge is 2.43. The summed E-state index contributed by atoms with van der Waals surface area (Å²) in [4.78, 5) is 12.8. The van der Waals surface area contributed by atoms with E-state index < -0.39 is 5.92 Å². The number of ketones is 1. The van der Waals surface area contributed by atoms with Crippen LogP contribution in [0.1, 0.15) is 50.8 Å². The summed E-state index contributed by atoms with van der Waals surface area (Å²) in [7, 11) is 0. The first-order chi connectivity index (χ1) is 11.3. The molecule has 0 amide bonds. The molecule has 0 bridgehead atoms. The maximum atomic E-state index is 12.8. The minimum absolute atomic E-state index is 0.0233. The van der Waals surface area contributed by atoms with E-state index in [2.05, 4.69) is 11.2 Å². The molecule has 1 aromatic heterocycles. The van der Waals surface area contributed by atoms with Crippen LogP contribution >= 0.6 is 0 Å². The number of nitrogens with zero attached hydrogens (tertiary/aromatic N) is 3. The maximum absolute atomic E-state index is 12.8. The molecule has 0 spiro atoms. The molecule has 0 fully saturated rings. The molecule has 126 valence electrons. The van der Waals surface area contributed by atoms with Crippen LogP contribution in [0.4, 0.5) is 0 Å². The van der Waals surface area contributed by atoms with Crippen molar-refractivity contribution < 1.29 is 9.53 Å². The summed E-state index contributed by atoms with van der Waals surface area (Å²) in [6.07, 6.45) is 2.80. The van der Waals surface area contributed by atoms with E-state index in [4.69, 9.17) is 10.5 Å². The van der Waals surface area contributed by atoms with Gasteiger partial charge in [0.05, 0.1) is 12.1 Å². The quantitative estimate of drug-likeness (QED) is 0.901. The van der Waals surface area contributed by atoms with E-state index in [1.54, 1.807) is 6.20 Å². The van der Waals surface area contributed by atoms with Gasteiger partial charge in [-0.25, -0.2) is 0 Å². The molecule has 1 unspecified atom stereocenters. The lowest BCUT2D eigenvalue weighted by Crippen LogP contribution is -2.33. The number of hydrogen-bond acceptors (Lipinski definition) is 5. The molecular formula is C18H22N4O2. The summed E-state index contributed by atoms with van der Waals surface area (Å²) in [6.45, 7) is 8.75. The number of aryl methyl sites for hydroxylation is 1. The summed E-state index contributed by atoms with van der Waals surface area (Å²) in [5, 5.41) is 14.0. The molecule has 1 atom stereocenters. The molecule has 6 nitrogen and oxygen atoms in total. The zero-order valence-electron chi connectivity index (χ0n) is 14.5. The highest BCUT2D eigenvalue weighted by molar-refractivity contribution is 6.00. The van der Waals surface area contributed by atoms with Crippen molar-refractivity contribution in [2.24, 2.45) is 11.1 Å². The summed E-state index contributed by atoms with van der Waals surface area (Å²) >= 11 is 0. The van der Waals surface area contributed by atoms with Crippen LogP contribution < -0.4 is 5.73 Å². The normalized spacial score (nSPS) is 23.0. The zero-order chi connectivity index (χ0) is 17.6. The van der Waals surface area contributed by atoms with E-state index in [1.807, 2.05) is 32.4 Å². The Labute approximate surface area is 141 Å². The van der Waals surface area contributed by atoms with Crippen molar-refractivity contribution in [2.75, 3.05) is 0 Å². The molecule has 2 heterocycles. The van der Waals surface area contributed by atoms with E-state index in [0.29, 0.717) is 29.7 Å². The average Bonchev–Trinajstić information content (AvgIpc) is 2.85. The Morgan fingerprint density at radius 1 is 1.50 bits per heavy atom. The van der Waals surface area contributed by atoms with Crippen LogP contribution in [0.15, 0.2) is 29.0 Å². The predicted molar refractivity (Wildman–Crippen MR) is 88.3 cm³/mol. The molecule has 1 aliphatic heterocycles. The molecule has 6 heteroatoms. The fourth-order valence-corrected chi connectivity index (χ4v) is 3.66. The van der Waals surface area contributed by atoms with Crippen LogP contribution in [0.2, 0.25) is 0 Å². The van der Waals surface area contributed by atoms with Crippen molar-refractivity contribution in [1.82, 2.24) is 9.78 Å². The molecule has 0 saturated carbocycles. The van der Waals surface area contributed by atoms with Gasteiger partial charge in [0.1, 0.15) is 17.4 Å². The van der Waals surface area contributed by atoms with Crippen LogP contribution in [-0.2, 0) is 16.1 Å². The van der Waals surface area contributed by atoms with Gasteiger partial charge >= 0.3 is 0 Å². The van der Waals surface area contributed by atoms with Gasteiger partial charge in [-0.2, -0.15) is 10.4 Å². The SMILES string of the molecule is CCn1ncc(C2C(C#N)=C(N)OC3=C2C(=O)CC(C)(C)C3)c1C. The largest absolute Gasteiger partial charge is 0.444 e. The smallest absolute Gasteiger partial charge is 0.205 e. The molecule has 0 aromatic carbocycles. The third-order valence-electron chi connectivity index (χ3n) is 4.83. The maximum Gasteiger partial charge on any atom is 0.205 e. The molecular weight excluding hydrogens is 304 g/mol. The van der Waals surface area contributed by atoms with Crippen molar-refractivity contribution in [1.29, 1.82) is 5.26 Å². The third-order valence-corrected chi connectivity index (χ3v) is 4.83. The first-order valence-corrected chi connectivity index (χ1v) is 8.15. The average molecular weight is 326 g/mol. The number of nitriles is 1. The van der Waals surface area contributed by atoms with Crippen LogP contribution in [0.5, 0.6) is 0 Å². The summed E-state index contributed by atoms with van der Waals surface area (Å²) in [5.74, 6) is 0.231. The number of aromatic nitrogens is 2. The summed E-state index contributed by atoms with van der Waals surface area (Å²) < 4.78 is 7.55. The van der Waals surface area contributed by atoms with Crippen LogP contribution in [0.25, 0.3) is 0 Å². The van der Waals surface area contributed by atoms with Crippen molar-refractivity contribution >= 4 is 5.78 Å². The topological polar surface area (TPSA) is 93.9 Å². The Morgan fingerprint density at radius 2 is 2.21 bits per heavy atom. The molecule has 0 radical (unpaired) electrons. The van der Waals surface area contributed by atoms with Gasteiger partial charge in [-0.15, -0.1) is 0 Å². The first-order valence-electron chi connectivity index (χ1n) is 8.15. The summed E-state index contributed by atoms with van der Waals surface area (Å²) in [5.41, 5.74) is 8.48. The van der Waals surface area contributed by atoms with E-state index in [1.165, 1.54) is 0 Å². The van der Waals surface area contributed by atoms with Gasteiger partial charge in [0, 0.05) is 36.2 Å². The predicted octanol–water partition coefficient (Wildman–Crippen LogP) is 2.66. The van der Waals surface area contributed by atoms with Gasteiger partial charge in [-0.1, -0.05) is 13.8 Å². The molecule has 1 aromatic rings. The van der Waals surface area contributed by atoms with Crippen LogP contribution in [0.3, 0.4) is 0 Å². The van der Waals surface area contributed by atoms with E-state index >= 15 is 0 Å². The highest BCUT2D eigenvalue weighted by Crippen LogP contribution is 2.48. The molecule has 1 aliphatic carbocycles. The second kappa shape index (κ2) is 5.52. The first kappa shape index (κ1) is 16.3. The highest BCUT2D eigenvalue weighted by atomic mass is 16.5. The number of Topliss-reactive ketones (excluding diaryl/α,β-unsaturated/α-hetero) is 1. The van der Waals surface area contributed by atoms with Gasteiger partial charge in [0.15, 0.2) is 5.78 Å². The van der Waals surface area contributed by atoms with Gasteiger partial charge in [-0.05, 0) is 19.3 Å². The fourth-order valence-electron chi connectivity index (χ4n) is 3.66. The number of carbonyl (C=O) groups excluding carboxylic acids is 1. The van der Waals surface area contributed by atoms with Crippen molar-refractivity contribution in [2.45, 2.75) is 53.0 Å². The van der Waals surface area contributed by atoms with Crippen LogP contribution in [-0.4, -0.2) is 15.6 Å². The Morgan fingerprint density at radius 3 is 2.79 bits per heavy atom. The number of nitrogens with two attached hydrogens (primary N) is 1. The van der Waals surface area contributed by atoms with Gasteiger partial charge < -0.3 is 10.5 Å². The number of hydrogen-bond donors (Lipinski definition) is 1. The minimum Gasteiger partial charge on any atom is -0.444 e. The minimum atomic E-state index is -0.484. The molecule has 2 N–H and O–H groups in total. The fraction of sp³-hybridized carbons (Fsp3) is 0.500. The third kappa shape index (κ3) is 2.41. The Kier molecular flexibility index (Phi) is 3.75. The molecule has 0 saturated heterocycles. The van der Waals surface area contributed by atoms with Gasteiger partial charge in [-0.3, -0.25) is 9.48 Å². The van der Waals surface area contributed by atoms with E-state index in [9.17, 15) is 10.1 Å². The van der Waals surface area contributed by atoms with E-state index in [0.717, 1.165) is 17.8 Å². The van der Waals surface area contributed by atoms with E-state index in [-0.39, 0.29) is 17.1 Å². The zero-order valence-corrected chi connectivity index (χ0v) is 14.5. The second-order valence-electron chi connectivity index (χ2n) is 7.20. The monoisotopic (exact) mass is 326 g/mol. The number of ether oxygens (including phenoxy) is 1.